The second-order valence-electron chi connectivity index (χ2n) is 8.23. The lowest BCUT2D eigenvalue weighted by molar-refractivity contribution is -0.121. The number of benzene rings is 2. The Bertz CT molecular complexity index is 1100. The molecular formula is C25H25ClN2O2S. The lowest BCUT2D eigenvalue weighted by Crippen LogP contribution is -2.48. The highest BCUT2D eigenvalue weighted by molar-refractivity contribution is 7.10. The molecule has 1 aliphatic rings. The van der Waals surface area contributed by atoms with Gasteiger partial charge in [-0.3, -0.25) is 9.59 Å². The molecule has 2 aromatic carbocycles. The predicted molar refractivity (Wildman–Crippen MR) is 127 cm³/mol. The zero-order valence-corrected chi connectivity index (χ0v) is 19.4. The van der Waals surface area contributed by atoms with E-state index in [9.17, 15) is 9.59 Å². The van der Waals surface area contributed by atoms with Crippen LogP contribution in [0.15, 0.2) is 66.0 Å². The smallest absolute Gasteiger partial charge is 0.254 e. The molecule has 1 aromatic heterocycles. The van der Waals surface area contributed by atoms with Crippen molar-refractivity contribution < 1.29 is 9.59 Å². The molecule has 0 saturated carbocycles. The van der Waals surface area contributed by atoms with Gasteiger partial charge in [-0.1, -0.05) is 61.8 Å². The van der Waals surface area contributed by atoms with Crippen LogP contribution in [0.3, 0.4) is 0 Å². The first-order chi connectivity index (χ1) is 14.9. The molecule has 0 unspecified atom stereocenters. The van der Waals surface area contributed by atoms with Gasteiger partial charge in [0.05, 0.1) is 22.7 Å². The van der Waals surface area contributed by atoms with Gasteiger partial charge in [0.25, 0.3) is 5.91 Å². The van der Waals surface area contributed by atoms with Gasteiger partial charge in [-0.25, -0.2) is 0 Å². The van der Waals surface area contributed by atoms with Crippen LogP contribution in [0.5, 0.6) is 0 Å². The van der Waals surface area contributed by atoms with Crippen LogP contribution >= 0.6 is 22.9 Å². The molecule has 1 aliphatic heterocycles. The van der Waals surface area contributed by atoms with Gasteiger partial charge in [0.2, 0.25) is 5.91 Å². The lowest BCUT2D eigenvalue weighted by Gasteiger charge is -2.43. The van der Waals surface area contributed by atoms with E-state index in [1.165, 1.54) is 0 Å². The predicted octanol–water partition coefficient (Wildman–Crippen LogP) is 6.00. The second kappa shape index (κ2) is 8.85. The highest BCUT2D eigenvalue weighted by Crippen LogP contribution is 2.45. The third-order valence-corrected chi connectivity index (χ3v) is 6.91. The van der Waals surface area contributed by atoms with Gasteiger partial charge in [-0.2, -0.15) is 0 Å². The Morgan fingerprint density at radius 1 is 1.10 bits per heavy atom. The number of amides is 2. The minimum absolute atomic E-state index is 0.0212. The summed E-state index contributed by atoms with van der Waals surface area (Å²) in [5.74, 6) is -0.353. The molecule has 3 aromatic rings. The number of hydrogen-bond donors (Lipinski definition) is 0. The molecule has 0 saturated heterocycles. The summed E-state index contributed by atoms with van der Waals surface area (Å²) >= 11 is 7.98. The first-order valence-corrected chi connectivity index (χ1v) is 11.6. The summed E-state index contributed by atoms with van der Waals surface area (Å²) in [6, 6.07) is 18.4. The molecule has 0 aliphatic carbocycles. The van der Waals surface area contributed by atoms with E-state index in [4.69, 9.17) is 11.6 Å². The Balaban J connectivity index is 1.87. The number of carbonyl (C=O) groups is 2. The van der Waals surface area contributed by atoms with E-state index >= 15 is 0 Å². The first-order valence-electron chi connectivity index (χ1n) is 10.4. The molecule has 4 nitrogen and oxygen atoms in total. The van der Waals surface area contributed by atoms with Crippen molar-refractivity contribution in [3.05, 3.63) is 87.1 Å². The molecule has 0 spiro atoms. The summed E-state index contributed by atoms with van der Waals surface area (Å²) in [5.41, 5.74) is 2.03. The first kappa shape index (κ1) is 21.6. The van der Waals surface area contributed by atoms with Crippen molar-refractivity contribution in [1.82, 2.24) is 4.90 Å². The molecule has 2 heterocycles. The Hall–Kier alpha value is -2.63. The second-order valence-corrected chi connectivity index (χ2v) is 9.61. The van der Waals surface area contributed by atoms with Crippen LogP contribution in [-0.2, 0) is 4.79 Å². The van der Waals surface area contributed by atoms with E-state index in [-0.39, 0.29) is 23.8 Å². The molecule has 4 rings (SSSR count). The average Bonchev–Trinajstić information content (AvgIpc) is 3.29. The fourth-order valence-corrected chi connectivity index (χ4v) is 5.42. The van der Waals surface area contributed by atoms with E-state index in [1.807, 2.05) is 64.9 Å². The minimum Gasteiger partial charge on any atom is -0.329 e. The number of anilines is 1. The topological polar surface area (TPSA) is 40.6 Å². The van der Waals surface area contributed by atoms with Gasteiger partial charge in [0, 0.05) is 24.0 Å². The Labute approximate surface area is 192 Å². The van der Waals surface area contributed by atoms with E-state index in [0.29, 0.717) is 22.8 Å². The molecule has 0 fully saturated rings. The summed E-state index contributed by atoms with van der Waals surface area (Å²) in [6.45, 7) is 4.76. The lowest BCUT2D eigenvalue weighted by atomic mass is 9.80. The van der Waals surface area contributed by atoms with Gasteiger partial charge in [0.15, 0.2) is 0 Å². The standard InChI is InChI=1S/C25H25ClN2O2S/c1-16(2)15-28-23(21-13-8-14-31-21)22(17-9-4-5-10-18(17)24(28)29)25(30)27(3)20-12-7-6-11-19(20)26/h4-14,16,22-23H,15H2,1-3H3/t22-,23+/m0/s1. The maximum Gasteiger partial charge on any atom is 0.254 e. The maximum absolute atomic E-state index is 14.0. The van der Waals surface area contributed by atoms with Crippen LogP contribution in [0.4, 0.5) is 5.69 Å². The number of likely N-dealkylation sites (N-methyl/N-ethyl adjacent to an activating group) is 1. The molecule has 0 bridgehead atoms. The number of hydrogen-bond acceptors (Lipinski definition) is 3. The normalized spacial score (nSPS) is 18.2. The van der Waals surface area contributed by atoms with Crippen molar-refractivity contribution in [2.75, 3.05) is 18.5 Å². The Morgan fingerprint density at radius 3 is 2.48 bits per heavy atom. The molecule has 2 amide bonds. The van der Waals surface area contributed by atoms with Crippen molar-refractivity contribution in [1.29, 1.82) is 0 Å². The quantitative estimate of drug-likeness (QED) is 0.476. The molecule has 31 heavy (non-hydrogen) atoms. The highest BCUT2D eigenvalue weighted by atomic mass is 35.5. The van der Waals surface area contributed by atoms with Crippen molar-refractivity contribution in [2.45, 2.75) is 25.8 Å². The molecule has 160 valence electrons. The summed E-state index contributed by atoms with van der Waals surface area (Å²) in [4.78, 5) is 32.0. The summed E-state index contributed by atoms with van der Waals surface area (Å²) in [5, 5.41) is 2.51. The van der Waals surface area contributed by atoms with E-state index in [1.54, 1.807) is 29.4 Å². The SMILES string of the molecule is CC(C)CN1C(=O)c2ccccc2[C@H](C(=O)N(C)c2ccccc2Cl)[C@H]1c1cccs1. The molecule has 0 radical (unpaired) electrons. The summed E-state index contributed by atoms with van der Waals surface area (Å²) < 4.78 is 0. The van der Waals surface area contributed by atoms with Crippen molar-refractivity contribution >= 4 is 40.4 Å². The van der Waals surface area contributed by atoms with Gasteiger partial charge in [-0.05, 0) is 41.1 Å². The van der Waals surface area contributed by atoms with Crippen molar-refractivity contribution in [3.8, 4) is 0 Å². The summed E-state index contributed by atoms with van der Waals surface area (Å²) in [6.07, 6.45) is 0. The van der Waals surface area contributed by atoms with Gasteiger partial charge in [-0.15, -0.1) is 11.3 Å². The largest absolute Gasteiger partial charge is 0.329 e. The van der Waals surface area contributed by atoms with E-state index < -0.39 is 5.92 Å². The van der Waals surface area contributed by atoms with Crippen LogP contribution in [0.2, 0.25) is 5.02 Å². The van der Waals surface area contributed by atoms with Crippen molar-refractivity contribution in [2.24, 2.45) is 5.92 Å². The van der Waals surface area contributed by atoms with Crippen LogP contribution in [0.1, 0.15) is 46.6 Å². The molecular weight excluding hydrogens is 428 g/mol. The monoisotopic (exact) mass is 452 g/mol. The van der Waals surface area contributed by atoms with Gasteiger partial charge in [0.1, 0.15) is 0 Å². The van der Waals surface area contributed by atoms with Gasteiger partial charge < -0.3 is 9.80 Å². The van der Waals surface area contributed by atoms with Crippen LogP contribution in [0, 0.1) is 5.92 Å². The Morgan fingerprint density at radius 2 is 1.81 bits per heavy atom. The number of fused-ring (bicyclic) bond motifs is 1. The molecule has 6 heteroatoms. The van der Waals surface area contributed by atoms with Gasteiger partial charge >= 0.3 is 0 Å². The fourth-order valence-electron chi connectivity index (χ4n) is 4.28. The number of para-hydroxylation sites is 1. The number of carbonyl (C=O) groups excluding carboxylic acids is 2. The molecule has 0 N–H and O–H groups in total. The number of thiophene rings is 1. The highest BCUT2D eigenvalue weighted by Gasteiger charge is 2.45. The zero-order chi connectivity index (χ0) is 22.1. The Kier molecular flexibility index (Phi) is 6.17. The number of halogens is 1. The third-order valence-electron chi connectivity index (χ3n) is 5.65. The minimum atomic E-state index is -0.521. The zero-order valence-electron chi connectivity index (χ0n) is 17.8. The van der Waals surface area contributed by atoms with Crippen molar-refractivity contribution in [3.63, 3.8) is 0 Å². The van der Waals surface area contributed by atoms with E-state index in [0.717, 1.165) is 10.4 Å². The van der Waals surface area contributed by atoms with Crippen LogP contribution < -0.4 is 4.90 Å². The molecule has 2 atom stereocenters. The fraction of sp³-hybridized carbons (Fsp3) is 0.280. The third kappa shape index (κ3) is 4.00. The van der Waals surface area contributed by atoms with Crippen LogP contribution in [-0.4, -0.2) is 30.3 Å². The maximum atomic E-state index is 14.0. The number of nitrogens with zero attached hydrogens (tertiary/aromatic N) is 2. The average molecular weight is 453 g/mol. The van der Waals surface area contributed by atoms with Crippen LogP contribution in [0.25, 0.3) is 0 Å². The van der Waals surface area contributed by atoms with E-state index in [2.05, 4.69) is 13.8 Å². The summed E-state index contributed by atoms with van der Waals surface area (Å²) in [7, 11) is 1.75. The number of rotatable bonds is 5.